The maximum atomic E-state index is 5.63. The molecule has 2 N–H and O–H groups in total. The van der Waals surface area contributed by atoms with Gasteiger partial charge in [-0.15, -0.1) is 0 Å². The Kier molecular flexibility index (Phi) is 5.77. The second-order valence-corrected chi connectivity index (χ2v) is 5.90. The zero-order chi connectivity index (χ0) is 12.0. The van der Waals surface area contributed by atoms with Crippen molar-refractivity contribution in [2.24, 2.45) is 11.7 Å². The van der Waals surface area contributed by atoms with Crippen LogP contribution in [0.25, 0.3) is 0 Å². The Morgan fingerprint density at radius 3 is 2.56 bits per heavy atom. The van der Waals surface area contributed by atoms with Crippen molar-refractivity contribution in [3.05, 3.63) is 0 Å². The molecule has 0 aromatic rings. The molecule has 1 atom stereocenters. The molecule has 0 bridgehead atoms. The molecule has 0 amide bonds. The van der Waals surface area contributed by atoms with Crippen molar-refractivity contribution in [2.75, 3.05) is 19.6 Å². The van der Waals surface area contributed by atoms with Crippen LogP contribution in [0.2, 0.25) is 0 Å². The van der Waals surface area contributed by atoms with Crippen LogP contribution in [-0.2, 0) is 0 Å². The van der Waals surface area contributed by atoms with E-state index in [1.807, 2.05) is 0 Å². The first-order valence-electron chi connectivity index (χ1n) is 7.05. The van der Waals surface area contributed by atoms with Crippen molar-refractivity contribution in [1.29, 1.82) is 0 Å². The molecule has 2 heteroatoms. The van der Waals surface area contributed by atoms with E-state index < -0.39 is 0 Å². The number of nitrogens with two attached hydrogens (primary N) is 1. The largest absolute Gasteiger partial charge is 0.330 e. The molecule has 96 valence electrons. The van der Waals surface area contributed by atoms with Crippen LogP contribution >= 0.6 is 0 Å². The molecule has 0 aliphatic carbocycles. The van der Waals surface area contributed by atoms with E-state index in [4.69, 9.17) is 5.73 Å². The van der Waals surface area contributed by atoms with E-state index in [0.717, 1.165) is 12.5 Å². The van der Waals surface area contributed by atoms with Crippen molar-refractivity contribution in [3.63, 3.8) is 0 Å². The molecule has 0 radical (unpaired) electrons. The number of hydrogen-bond acceptors (Lipinski definition) is 2. The number of hydrogen-bond donors (Lipinski definition) is 1. The van der Waals surface area contributed by atoms with Crippen molar-refractivity contribution >= 4 is 0 Å². The molecule has 2 nitrogen and oxygen atoms in total. The fourth-order valence-electron chi connectivity index (χ4n) is 2.94. The summed E-state index contributed by atoms with van der Waals surface area (Å²) in [6, 6.07) is 0. The van der Waals surface area contributed by atoms with Crippen LogP contribution < -0.4 is 5.73 Å². The summed E-state index contributed by atoms with van der Waals surface area (Å²) < 4.78 is 0. The van der Waals surface area contributed by atoms with Crippen LogP contribution in [0.5, 0.6) is 0 Å². The van der Waals surface area contributed by atoms with E-state index in [1.54, 1.807) is 0 Å². The van der Waals surface area contributed by atoms with Crippen LogP contribution in [-0.4, -0.2) is 30.1 Å². The first-order valence-corrected chi connectivity index (χ1v) is 7.05. The molecule has 1 unspecified atom stereocenters. The van der Waals surface area contributed by atoms with Crippen molar-refractivity contribution in [2.45, 2.75) is 64.8 Å². The quantitative estimate of drug-likeness (QED) is 0.723. The zero-order valence-corrected chi connectivity index (χ0v) is 11.5. The zero-order valence-electron chi connectivity index (χ0n) is 11.5. The van der Waals surface area contributed by atoms with E-state index in [2.05, 4.69) is 25.7 Å². The first-order chi connectivity index (χ1) is 7.60. The number of rotatable bonds is 7. The molecule has 1 aliphatic rings. The van der Waals surface area contributed by atoms with Gasteiger partial charge in [-0.25, -0.2) is 0 Å². The van der Waals surface area contributed by atoms with Gasteiger partial charge in [-0.2, -0.15) is 0 Å². The molecule has 16 heavy (non-hydrogen) atoms. The summed E-state index contributed by atoms with van der Waals surface area (Å²) in [7, 11) is 0. The average molecular weight is 226 g/mol. The first kappa shape index (κ1) is 14.0. The summed E-state index contributed by atoms with van der Waals surface area (Å²) in [5, 5.41) is 0. The molecule has 1 fully saturated rings. The van der Waals surface area contributed by atoms with Crippen molar-refractivity contribution in [3.8, 4) is 0 Å². The van der Waals surface area contributed by atoms with Crippen molar-refractivity contribution < 1.29 is 0 Å². The van der Waals surface area contributed by atoms with Gasteiger partial charge >= 0.3 is 0 Å². The van der Waals surface area contributed by atoms with Crippen LogP contribution in [0.15, 0.2) is 0 Å². The van der Waals surface area contributed by atoms with Crippen molar-refractivity contribution in [1.82, 2.24) is 4.90 Å². The lowest BCUT2D eigenvalue weighted by molar-refractivity contribution is 0.168. The Bertz CT molecular complexity index is 189. The summed E-state index contributed by atoms with van der Waals surface area (Å²) in [5.74, 6) is 0.857. The van der Waals surface area contributed by atoms with Gasteiger partial charge in [-0.3, -0.25) is 4.90 Å². The molecule has 0 saturated carbocycles. The molecule has 0 aromatic carbocycles. The highest BCUT2D eigenvalue weighted by atomic mass is 15.2. The predicted octanol–water partition coefficient (Wildman–Crippen LogP) is 3.02. The Morgan fingerprint density at radius 1 is 1.31 bits per heavy atom. The molecule has 1 heterocycles. The lowest BCUT2D eigenvalue weighted by Gasteiger charge is -2.31. The standard InChI is InChI=1S/C14H30N2/c1-4-13(8-10-15)7-5-11-16-12-6-9-14(16,2)3/h13H,4-12,15H2,1-3H3. The molecule has 1 aliphatic heterocycles. The van der Waals surface area contributed by atoms with Crippen LogP contribution in [0.4, 0.5) is 0 Å². The van der Waals surface area contributed by atoms with E-state index in [9.17, 15) is 0 Å². The van der Waals surface area contributed by atoms with Crippen LogP contribution in [0, 0.1) is 5.92 Å². The van der Waals surface area contributed by atoms with Gasteiger partial charge in [-0.1, -0.05) is 13.3 Å². The second-order valence-electron chi connectivity index (χ2n) is 5.90. The minimum atomic E-state index is 0.454. The number of nitrogens with zero attached hydrogens (tertiary/aromatic N) is 1. The van der Waals surface area contributed by atoms with Gasteiger partial charge in [0.1, 0.15) is 0 Å². The summed E-state index contributed by atoms with van der Waals surface area (Å²) in [6.45, 7) is 10.5. The average Bonchev–Trinajstić information content (AvgIpc) is 2.57. The third kappa shape index (κ3) is 4.06. The monoisotopic (exact) mass is 226 g/mol. The third-order valence-corrected chi connectivity index (χ3v) is 4.27. The Labute approximate surface area is 102 Å². The van der Waals surface area contributed by atoms with Gasteiger partial charge in [0.05, 0.1) is 0 Å². The van der Waals surface area contributed by atoms with E-state index in [1.165, 1.54) is 51.6 Å². The highest BCUT2D eigenvalue weighted by molar-refractivity contribution is 4.87. The molecule has 1 rings (SSSR count). The Balaban J connectivity index is 2.19. The minimum Gasteiger partial charge on any atom is -0.330 e. The van der Waals surface area contributed by atoms with Gasteiger partial charge in [0.15, 0.2) is 0 Å². The SMILES string of the molecule is CCC(CCN)CCCN1CCCC1(C)C. The lowest BCUT2D eigenvalue weighted by atomic mass is 9.96. The fraction of sp³-hybridized carbons (Fsp3) is 1.00. The summed E-state index contributed by atoms with van der Waals surface area (Å²) >= 11 is 0. The van der Waals surface area contributed by atoms with E-state index in [-0.39, 0.29) is 0 Å². The Morgan fingerprint density at radius 2 is 2.06 bits per heavy atom. The van der Waals surface area contributed by atoms with Gasteiger partial charge in [-0.05, 0) is 71.5 Å². The molecule has 0 aromatic heterocycles. The van der Waals surface area contributed by atoms with Gasteiger partial charge in [0, 0.05) is 5.54 Å². The van der Waals surface area contributed by atoms with Gasteiger partial charge in [0.2, 0.25) is 0 Å². The van der Waals surface area contributed by atoms with Gasteiger partial charge < -0.3 is 5.73 Å². The second kappa shape index (κ2) is 6.61. The topological polar surface area (TPSA) is 29.3 Å². The van der Waals surface area contributed by atoms with Crippen LogP contribution in [0.1, 0.15) is 59.3 Å². The van der Waals surface area contributed by atoms with Crippen LogP contribution in [0.3, 0.4) is 0 Å². The fourth-order valence-corrected chi connectivity index (χ4v) is 2.94. The lowest BCUT2D eigenvalue weighted by Crippen LogP contribution is -2.38. The van der Waals surface area contributed by atoms with E-state index >= 15 is 0 Å². The summed E-state index contributed by atoms with van der Waals surface area (Å²) in [4.78, 5) is 2.67. The smallest absolute Gasteiger partial charge is 0.0153 e. The maximum Gasteiger partial charge on any atom is 0.0153 e. The highest BCUT2D eigenvalue weighted by Gasteiger charge is 2.30. The molecular formula is C14H30N2. The summed E-state index contributed by atoms with van der Waals surface area (Å²) in [5.41, 5.74) is 6.09. The predicted molar refractivity (Wildman–Crippen MR) is 71.6 cm³/mol. The normalized spacial score (nSPS) is 22.5. The van der Waals surface area contributed by atoms with E-state index in [0.29, 0.717) is 5.54 Å². The number of likely N-dealkylation sites (tertiary alicyclic amines) is 1. The maximum absolute atomic E-state index is 5.63. The highest BCUT2D eigenvalue weighted by Crippen LogP contribution is 2.28. The third-order valence-electron chi connectivity index (χ3n) is 4.27. The molecule has 0 spiro atoms. The molecule has 1 saturated heterocycles. The van der Waals surface area contributed by atoms with Gasteiger partial charge in [0.25, 0.3) is 0 Å². The Hall–Kier alpha value is -0.0800. The minimum absolute atomic E-state index is 0.454. The summed E-state index contributed by atoms with van der Waals surface area (Å²) in [6.07, 6.45) is 7.96. The molecular weight excluding hydrogens is 196 g/mol.